The summed E-state index contributed by atoms with van der Waals surface area (Å²) in [4.78, 5) is 32.2. The summed E-state index contributed by atoms with van der Waals surface area (Å²) in [6, 6.07) is 11.1. The van der Waals surface area contributed by atoms with Crippen molar-refractivity contribution in [2.24, 2.45) is 5.41 Å². The van der Waals surface area contributed by atoms with Crippen molar-refractivity contribution in [3.05, 3.63) is 62.6 Å². The highest BCUT2D eigenvalue weighted by molar-refractivity contribution is 7.59. The summed E-state index contributed by atoms with van der Waals surface area (Å²) in [5.74, 6) is -0.357. The number of carbonyl (C=O) groups is 2. The van der Waals surface area contributed by atoms with Gasteiger partial charge in [-0.25, -0.2) is 0 Å². The smallest absolute Gasteiger partial charge is 0.258 e. The number of halogens is 3. The van der Waals surface area contributed by atoms with Crippen molar-refractivity contribution in [3.8, 4) is 0 Å². The molecule has 3 aliphatic heterocycles. The van der Waals surface area contributed by atoms with Crippen LogP contribution in [0.1, 0.15) is 56.0 Å². The number of hydrogen-bond donors (Lipinski definition) is 2. The fourth-order valence-electron chi connectivity index (χ4n) is 6.10. The van der Waals surface area contributed by atoms with E-state index in [1.165, 1.54) is 6.92 Å². The van der Waals surface area contributed by atoms with E-state index in [4.69, 9.17) is 34.8 Å². The molecule has 3 saturated heterocycles. The Hall–Kier alpha value is -1.68. The van der Waals surface area contributed by atoms with Gasteiger partial charge < -0.3 is 20.2 Å². The molecule has 1 atom stereocenters. The molecule has 3 heterocycles. The van der Waals surface area contributed by atoms with Gasteiger partial charge in [0.1, 0.15) is 0 Å². The maximum absolute atomic E-state index is 13.2. The number of nitrogens with one attached hydrogen (secondary N) is 1. The largest absolute Gasteiger partial charge is 0.380 e. The third-order valence-corrected chi connectivity index (χ3v) is 9.46. The lowest BCUT2D eigenvalue weighted by atomic mass is 9.92. The van der Waals surface area contributed by atoms with Gasteiger partial charge in [-0.2, -0.15) is 13.5 Å². The van der Waals surface area contributed by atoms with Gasteiger partial charge in [0.05, 0.1) is 16.6 Å². The quantitative estimate of drug-likeness (QED) is 0.428. The lowest BCUT2D eigenvalue weighted by Gasteiger charge is -2.48. The average molecular weight is 642 g/mol. The van der Waals surface area contributed by atoms with E-state index in [-0.39, 0.29) is 30.7 Å². The Bertz CT molecular complexity index is 1290. The number of piperidine rings is 1. The summed E-state index contributed by atoms with van der Waals surface area (Å²) in [6.07, 6.45) is 2.68. The van der Waals surface area contributed by atoms with E-state index in [1.54, 1.807) is 23.1 Å². The maximum Gasteiger partial charge on any atom is 0.258 e. The number of likely N-dealkylation sites (tertiary alicyclic amines) is 3. The summed E-state index contributed by atoms with van der Waals surface area (Å²) in [5.41, 5.74) is 0.195. The van der Waals surface area contributed by atoms with Crippen LogP contribution < -0.4 is 5.32 Å². The van der Waals surface area contributed by atoms with E-state index in [0.29, 0.717) is 51.4 Å². The Kier molecular flexibility index (Phi) is 9.84. The first-order chi connectivity index (χ1) is 18.8. The van der Waals surface area contributed by atoms with Gasteiger partial charge in [-0.1, -0.05) is 48.7 Å². The number of rotatable bonds is 6. The molecule has 41 heavy (non-hydrogen) atoms. The molecule has 2 aromatic rings. The number of hydrogen-bond acceptors (Lipinski definition) is 5. The van der Waals surface area contributed by atoms with Gasteiger partial charge >= 0.3 is 0 Å². The van der Waals surface area contributed by atoms with Crippen molar-refractivity contribution in [3.63, 3.8) is 0 Å². The Morgan fingerprint density at radius 3 is 2.27 bits per heavy atom. The number of amides is 2. The Morgan fingerprint density at radius 2 is 1.66 bits per heavy atom. The zero-order valence-corrected chi connectivity index (χ0v) is 27.0. The van der Waals surface area contributed by atoms with E-state index in [1.807, 2.05) is 23.1 Å². The Balaban J connectivity index is 0.00000387. The molecule has 224 valence electrons. The van der Waals surface area contributed by atoms with Crippen LogP contribution in [0.3, 0.4) is 0 Å². The molecular formula is C30H39Cl3N4O3S. The molecule has 0 spiro atoms. The van der Waals surface area contributed by atoms with Crippen LogP contribution in [-0.4, -0.2) is 83.0 Å². The fraction of sp³-hybridized carbons (Fsp3) is 0.533. The molecule has 0 radical (unpaired) electrons. The zero-order valence-electron chi connectivity index (χ0n) is 23.7. The molecule has 2 amide bonds. The molecular weight excluding hydrogens is 603 g/mol. The molecule has 0 aromatic heterocycles. The van der Waals surface area contributed by atoms with Crippen LogP contribution in [0.4, 0.5) is 5.69 Å². The lowest BCUT2D eigenvalue weighted by molar-refractivity contribution is -0.152. The van der Waals surface area contributed by atoms with Crippen LogP contribution in [0.25, 0.3) is 0 Å². The Labute approximate surface area is 264 Å². The summed E-state index contributed by atoms with van der Waals surface area (Å²) in [7, 11) is 0. The van der Waals surface area contributed by atoms with Crippen LogP contribution in [0.15, 0.2) is 36.4 Å². The summed E-state index contributed by atoms with van der Waals surface area (Å²) in [6.45, 7) is 10.3. The summed E-state index contributed by atoms with van der Waals surface area (Å²) < 4.78 is 0. The van der Waals surface area contributed by atoms with Gasteiger partial charge in [-0.15, -0.1) is 0 Å². The molecule has 2 N–H and O–H groups in total. The predicted molar refractivity (Wildman–Crippen MR) is 171 cm³/mol. The molecule has 0 bridgehead atoms. The first kappa shape index (κ1) is 32.2. The second kappa shape index (κ2) is 12.5. The van der Waals surface area contributed by atoms with Crippen molar-refractivity contribution in [1.29, 1.82) is 0 Å². The normalized spacial score (nSPS) is 21.1. The molecule has 3 aliphatic rings. The van der Waals surface area contributed by atoms with Gasteiger partial charge in [0.25, 0.3) is 11.8 Å². The molecule has 0 saturated carbocycles. The highest BCUT2D eigenvalue weighted by Crippen LogP contribution is 2.34. The van der Waals surface area contributed by atoms with E-state index in [9.17, 15) is 14.7 Å². The van der Waals surface area contributed by atoms with E-state index >= 15 is 0 Å². The van der Waals surface area contributed by atoms with Crippen molar-refractivity contribution >= 4 is 65.8 Å². The number of benzene rings is 2. The minimum Gasteiger partial charge on any atom is -0.380 e. The molecule has 7 nitrogen and oxygen atoms in total. The molecule has 5 rings (SSSR count). The zero-order chi connectivity index (χ0) is 28.8. The maximum atomic E-state index is 13.2. The van der Waals surface area contributed by atoms with Crippen LogP contribution in [-0.2, 0) is 10.4 Å². The van der Waals surface area contributed by atoms with Crippen LogP contribution >= 0.6 is 48.3 Å². The molecule has 11 heteroatoms. The predicted octanol–water partition coefficient (Wildman–Crippen LogP) is 5.63. The second-order valence-corrected chi connectivity index (χ2v) is 13.6. The van der Waals surface area contributed by atoms with E-state index in [2.05, 4.69) is 24.1 Å². The minimum atomic E-state index is -1.74. The molecule has 0 aliphatic carbocycles. The highest BCUT2D eigenvalue weighted by atomic mass is 35.5. The number of anilines is 1. The minimum absolute atomic E-state index is 0. The fourth-order valence-corrected chi connectivity index (χ4v) is 6.84. The molecule has 2 aromatic carbocycles. The molecule has 0 unspecified atom stereocenters. The second-order valence-electron chi connectivity index (χ2n) is 12.4. The van der Waals surface area contributed by atoms with Gasteiger partial charge in [0.15, 0.2) is 5.60 Å². The van der Waals surface area contributed by atoms with Gasteiger partial charge in [-0.3, -0.25) is 14.5 Å². The van der Waals surface area contributed by atoms with Crippen LogP contribution in [0, 0.1) is 5.41 Å². The monoisotopic (exact) mass is 640 g/mol. The standard InChI is InChI=1S/C30H37Cl3N4O3.H2S/c1-29(2)10-13-36(18-29)27(38)23-6-5-20(15-26(23)33)34-21-16-37(17-21)22-8-11-35(12-9-22)28(39)30(3,40)24-14-19(31)4-7-25(24)32;/h4-7,14-15,21-22,34,40H,8-13,16-18H2,1-3H3;1H2/t30-;/m0./s1. The third kappa shape index (κ3) is 6.94. The van der Waals surface area contributed by atoms with Gasteiger partial charge in [0.2, 0.25) is 0 Å². The third-order valence-electron chi connectivity index (χ3n) is 8.58. The van der Waals surface area contributed by atoms with Crippen molar-refractivity contribution in [1.82, 2.24) is 14.7 Å². The van der Waals surface area contributed by atoms with E-state index in [0.717, 1.165) is 51.1 Å². The number of aliphatic hydroxyl groups is 1. The SMILES string of the molecule is CC1(C)CCN(C(=O)c2ccc(NC3CN(C4CCN(C(=O)[C@@](C)(O)c5cc(Cl)ccc5Cl)CC4)C3)cc2Cl)C1.S. The first-order valence-corrected chi connectivity index (χ1v) is 15.0. The number of carbonyl (C=O) groups excluding carboxylic acids is 2. The van der Waals surface area contributed by atoms with Crippen LogP contribution in [0.5, 0.6) is 0 Å². The first-order valence-electron chi connectivity index (χ1n) is 13.9. The lowest BCUT2D eigenvalue weighted by Crippen LogP contribution is -2.61. The van der Waals surface area contributed by atoms with Crippen molar-refractivity contribution < 1.29 is 14.7 Å². The summed E-state index contributed by atoms with van der Waals surface area (Å²) in [5, 5.41) is 15.8. The van der Waals surface area contributed by atoms with E-state index < -0.39 is 5.60 Å². The number of nitrogens with zero attached hydrogens (tertiary/aromatic N) is 3. The van der Waals surface area contributed by atoms with Gasteiger partial charge in [-0.05, 0) is 68.0 Å². The van der Waals surface area contributed by atoms with Crippen molar-refractivity contribution in [2.45, 2.75) is 57.7 Å². The van der Waals surface area contributed by atoms with Crippen LogP contribution in [0.2, 0.25) is 15.1 Å². The average Bonchev–Trinajstić information content (AvgIpc) is 3.26. The topological polar surface area (TPSA) is 76.1 Å². The van der Waals surface area contributed by atoms with Crippen molar-refractivity contribution in [2.75, 3.05) is 44.6 Å². The summed E-state index contributed by atoms with van der Waals surface area (Å²) >= 11 is 18.9. The highest BCUT2D eigenvalue weighted by Gasteiger charge is 2.41. The Morgan fingerprint density at radius 1 is 0.976 bits per heavy atom. The van der Waals surface area contributed by atoms with Gasteiger partial charge in [0, 0.05) is 66.6 Å². The molecule has 3 fully saturated rings.